The van der Waals surface area contributed by atoms with E-state index < -0.39 is 20.8 Å². The van der Waals surface area contributed by atoms with E-state index in [2.05, 4.69) is 39.6 Å². The quantitative estimate of drug-likeness (QED) is 0.364. The second kappa shape index (κ2) is 9.56. The van der Waals surface area contributed by atoms with Crippen LogP contribution >= 0.6 is 0 Å². The average Bonchev–Trinajstić information content (AvgIpc) is 2.63. The van der Waals surface area contributed by atoms with E-state index in [4.69, 9.17) is 9.11 Å². The first kappa shape index (κ1) is 23.5. The van der Waals surface area contributed by atoms with Crippen LogP contribution in [-0.4, -0.2) is 25.9 Å². The Morgan fingerprint density at radius 3 is 1.81 bits per heavy atom. The predicted octanol–water partition coefficient (Wildman–Crippen LogP) is 4.44. The molecule has 0 radical (unpaired) electrons. The van der Waals surface area contributed by atoms with E-state index in [1.54, 1.807) is 0 Å². The van der Waals surface area contributed by atoms with Crippen LogP contribution in [0.15, 0.2) is 42.5 Å². The van der Waals surface area contributed by atoms with Crippen molar-refractivity contribution in [3.8, 4) is 11.5 Å². The molecule has 170 valence electrons. The van der Waals surface area contributed by atoms with Gasteiger partial charge in [-0.05, 0) is 66.3 Å². The summed E-state index contributed by atoms with van der Waals surface area (Å²) in [7, 11) is -9.59. The largest absolute Gasteiger partial charge is 0.446 e. The fourth-order valence-corrected chi connectivity index (χ4v) is 5.03. The van der Waals surface area contributed by atoms with Gasteiger partial charge in [0.15, 0.2) is 0 Å². The fourth-order valence-electron chi connectivity index (χ4n) is 4.36. The van der Waals surface area contributed by atoms with Gasteiger partial charge < -0.3 is 8.37 Å². The molecule has 0 heterocycles. The minimum atomic E-state index is -4.79. The van der Waals surface area contributed by atoms with E-state index in [0.29, 0.717) is 23.8 Å². The van der Waals surface area contributed by atoms with Crippen molar-refractivity contribution in [3.63, 3.8) is 0 Å². The zero-order valence-electron chi connectivity index (χ0n) is 17.1. The van der Waals surface area contributed by atoms with Crippen molar-refractivity contribution in [2.75, 3.05) is 0 Å². The Labute approximate surface area is 183 Å². The molecule has 0 aromatic heterocycles. The molecule has 2 atom stereocenters. The number of aryl methyl sites for hydroxylation is 1. The molecule has 2 aromatic carbocycles. The van der Waals surface area contributed by atoms with Gasteiger partial charge >= 0.3 is 20.8 Å². The third-order valence-electron chi connectivity index (χ3n) is 5.45. The van der Waals surface area contributed by atoms with Crippen LogP contribution in [0.2, 0.25) is 0 Å². The van der Waals surface area contributed by atoms with Gasteiger partial charge in [-0.15, -0.1) is 0 Å². The normalized spacial score (nSPS) is 18.2. The van der Waals surface area contributed by atoms with E-state index in [1.807, 2.05) is 0 Å². The number of rotatable bonds is 11. The lowest BCUT2D eigenvalue weighted by atomic mass is 9.64. The molecule has 8 nitrogen and oxygen atoms in total. The van der Waals surface area contributed by atoms with E-state index in [0.717, 1.165) is 38.2 Å². The second-order valence-corrected chi connectivity index (χ2v) is 9.76. The molecule has 10 heteroatoms. The minimum absolute atomic E-state index is 0.311. The van der Waals surface area contributed by atoms with E-state index in [9.17, 15) is 16.8 Å². The summed E-state index contributed by atoms with van der Waals surface area (Å²) in [6.07, 6.45) is 5.53. The maximum Gasteiger partial charge on any atom is 0.446 e. The first-order chi connectivity index (χ1) is 14.6. The molecular weight excluding hydrogens is 444 g/mol. The summed E-state index contributed by atoms with van der Waals surface area (Å²) in [5, 5.41) is 0. The Bertz CT molecular complexity index is 1070. The summed E-state index contributed by atoms with van der Waals surface area (Å²) in [5.41, 5.74) is 3.41. The van der Waals surface area contributed by atoms with Crippen LogP contribution < -0.4 is 8.37 Å². The maximum absolute atomic E-state index is 11.0. The minimum Gasteiger partial charge on any atom is -0.362 e. The summed E-state index contributed by atoms with van der Waals surface area (Å²) in [4.78, 5) is 0. The number of hydrogen-bond donors (Lipinski definition) is 2. The Hall–Kier alpha value is -2.14. The third-order valence-corrected chi connectivity index (χ3v) is 6.26. The number of benzene rings is 2. The van der Waals surface area contributed by atoms with Crippen LogP contribution in [0.4, 0.5) is 0 Å². The Morgan fingerprint density at radius 2 is 1.32 bits per heavy atom. The van der Waals surface area contributed by atoms with Gasteiger partial charge in [-0.25, -0.2) is 0 Å². The van der Waals surface area contributed by atoms with Gasteiger partial charge in [-0.3, -0.25) is 9.11 Å². The van der Waals surface area contributed by atoms with Crippen molar-refractivity contribution in [1.29, 1.82) is 0 Å². The monoisotopic (exact) mass is 470 g/mol. The molecule has 2 N–H and O–H groups in total. The van der Waals surface area contributed by atoms with Crippen molar-refractivity contribution in [2.24, 2.45) is 0 Å². The summed E-state index contributed by atoms with van der Waals surface area (Å²) < 4.78 is 70.6. The lowest BCUT2D eigenvalue weighted by molar-refractivity contribution is 0.381. The first-order valence-corrected chi connectivity index (χ1v) is 12.9. The third kappa shape index (κ3) is 6.67. The summed E-state index contributed by atoms with van der Waals surface area (Å²) >= 11 is 0. The summed E-state index contributed by atoms with van der Waals surface area (Å²) in [6.45, 7) is 2.19. The number of fused-ring (bicyclic) bond motifs is 1. The van der Waals surface area contributed by atoms with Gasteiger partial charge in [0.1, 0.15) is 11.5 Å². The van der Waals surface area contributed by atoms with Gasteiger partial charge in [-0.2, -0.15) is 16.8 Å². The van der Waals surface area contributed by atoms with Gasteiger partial charge in [0.2, 0.25) is 0 Å². The van der Waals surface area contributed by atoms with Crippen LogP contribution in [-0.2, 0) is 27.2 Å². The standard InChI is InChI=1S/C21H26O8S2/c1-2-7-18-19(21-11-6-5-10-20(18)21)9-4-3-8-15-12-16(28-30(22,23)24)14-17(13-15)29-31(25,26)27/h5-6,10-14,18-19H,2-4,7-9H2,1H3,(H,22,23,24)(H,25,26,27). The molecule has 0 aliphatic heterocycles. The van der Waals surface area contributed by atoms with E-state index >= 15 is 0 Å². The van der Waals surface area contributed by atoms with Gasteiger partial charge in [0.25, 0.3) is 0 Å². The Kier molecular flexibility index (Phi) is 7.25. The Balaban J connectivity index is 1.64. The molecule has 1 aliphatic carbocycles. The van der Waals surface area contributed by atoms with Crippen LogP contribution in [0.3, 0.4) is 0 Å². The fraction of sp³-hybridized carbons (Fsp3) is 0.429. The second-order valence-electron chi connectivity index (χ2n) is 7.71. The SMILES string of the molecule is CCCC1c2ccccc2C1CCCCc1cc(OS(=O)(=O)O)cc(OS(=O)(=O)O)c1. The molecule has 0 saturated heterocycles. The molecule has 1 aliphatic rings. The maximum atomic E-state index is 11.0. The molecule has 0 bridgehead atoms. The number of unbranched alkanes of at least 4 members (excludes halogenated alkanes) is 1. The van der Waals surface area contributed by atoms with Gasteiger partial charge in [-0.1, -0.05) is 44.0 Å². The highest BCUT2D eigenvalue weighted by Gasteiger charge is 2.35. The van der Waals surface area contributed by atoms with Crippen LogP contribution in [0, 0.1) is 0 Å². The molecule has 3 rings (SSSR count). The van der Waals surface area contributed by atoms with E-state index in [1.165, 1.54) is 23.3 Å². The van der Waals surface area contributed by atoms with Crippen molar-refractivity contribution in [2.45, 2.75) is 57.3 Å². The smallest absolute Gasteiger partial charge is 0.362 e. The lowest BCUT2D eigenvalue weighted by Gasteiger charge is -2.40. The zero-order valence-corrected chi connectivity index (χ0v) is 18.7. The highest BCUT2D eigenvalue weighted by atomic mass is 32.3. The van der Waals surface area contributed by atoms with Crippen molar-refractivity contribution < 1.29 is 34.3 Å². The highest BCUT2D eigenvalue weighted by Crippen LogP contribution is 2.51. The van der Waals surface area contributed by atoms with Crippen LogP contribution in [0.5, 0.6) is 11.5 Å². The van der Waals surface area contributed by atoms with Gasteiger partial charge in [0.05, 0.1) is 0 Å². The van der Waals surface area contributed by atoms with Crippen molar-refractivity contribution >= 4 is 20.8 Å². The predicted molar refractivity (Wildman–Crippen MR) is 115 cm³/mol. The first-order valence-electron chi connectivity index (χ1n) is 10.1. The zero-order chi connectivity index (χ0) is 22.6. The summed E-state index contributed by atoms with van der Waals surface area (Å²) in [5.74, 6) is 0.496. The van der Waals surface area contributed by atoms with Gasteiger partial charge in [0, 0.05) is 6.07 Å². The summed E-state index contributed by atoms with van der Waals surface area (Å²) in [6, 6.07) is 12.2. The number of hydrogen-bond acceptors (Lipinski definition) is 6. The lowest BCUT2D eigenvalue weighted by Crippen LogP contribution is -2.24. The molecular formula is C21H26O8S2. The molecule has 2 aromatic rings. The highest BCUT2D eigenvalue weighted by molar-refractivity contribution is 7.81. The van der Waals surface area contributed by atoms with Crippen molar-refractivity contribution in [3.05, 3.63) is 59.2 Å². The van der Waals surface area contributed by atoms with Crippen LogP contribution in [0.25, 0.3) is 0 Å². The molecule has 0 saturated carbocycles. The van der Waals surface area contributed by atoms with Crippen LogP contribution in [0.1, 0.15) is 67.6 Å². The molecule has 2 unspecified atom stereocenters. The molecule has 31 heavy (non-hydrogen) atoms. The Morgan fingerprint density at radius 1 is 0.806 bits per heavy atom. The van der Waals surface area contributed by atoms with E-state index in [-0.39, 0.29) is 11.5 Å². The molecule has 0 fully saturated rings. The molecule has 0 amide bonds. The topological polar surface area (TPSA) is 127 Å². The average molecular weight is 471 g/mol. The molecule has 0 spiro atoms. The van der Waals surface area contributed by atoms with Crippen molar-refractivity contribution in [1.82, 2.24) is 0 Å².